The van der Waals surface area contributed by atoms with Gasteiger partial charge in [0.2, 0.25) is 0 Å². The van der Waals surface area contributed by atoms with Gasteiger partial charge in [-0.1, -0.05) is 0 Å². The highest BCUT2D eigenvalue weighted by atomic mass is 127. The van der Waals surface area contributed by atoms with Crippen LogP contribution in [0.4, 0.5) is 0 Å². The number of aliphatic hydroxyl groups is 2. The Kier molecular flexibility index (Phi) is 5.04. The molecule has 0 saturated carbocycles. The minimum Gasteiger partial charge on any atom is -0.428 e. The van der Waals surface area contributed by atoms with Crippen molar-refractivity contribution in [2.24, 2.45) is 5.73 Å². The SMILES string of the molecule is NC(=O)c1cc([C@@H](O)CO)nc(-c2ccc(OI)cc2)n1. The molecule has 21 heavy (non-hydrogen) atoms. The molecule has 0 spiro atoms. The van der Waals surface area contributed by atoms with Gasteiger partial charge in [-0.05, 0) is 30.3 Å². The number of hydrogen-bond acceptors (Lipinski definition) is 6. The lowest BCUT2D eigenvalue weighted by Crippen LogP contribution is -2.16. The van der Waals surface area contributed by atoms with E-state index in [2.05, 4.69) is 9.97 Å². The van der Waals surface area contributed by atoms with E-state index in [0.717, 1.165) is 0 Å². The first-order valence-corrected chi connectivity index (χ1v) is 6.80. The number of nitrogens with two attached hydrogens (primary N) is 1. The van der Waals surface area contributed by atoms with Gasteiger partial charge in [-0.15, -0.1) is 0 Å². The molecule has 110 valence electrons. The van der Waals surface area contributed by atoms with Gasteiger partial charge in [0.25, 0.3) is 5.91 Å². The fourth-order valence-corrected chi connectivity index (χ4v) is 1.93. The van der Waals surface area contributed by atoms with Gasteiger partial charge in [-0.2, -0.15) is 0 Å². The zero-order chi connectivity index (χ0) is 15.4. The number of halogens is 1. The number of benzene rings is 1. The van der Waals surface area contributed by atoms with Crippen molar-refractivity contribution in [3.63, 3.8) is 0 Å². The van der Waals surface area contributed by atoms with Gasteiger partial charge in [0.05, 0.1) is 12.3 Å². The second-order valence-electron chi connectivity index (χ2n) is 4.17. The molecular weight excluding hydrogens is 389 g/mol. The highest BCUT2D eigenvalue weighted by Crippen LogP contribution is 2.22. The number of carbonyl (C=O) groups is 1. The van der Waals surface area contributed by atoms with Crippen LogP contribution in [0.5, 0.6) is 5.75 Å². The van der Waals surface area contributed by atoms with E-state index in [1.54, 1.807) is 47.3 Å². The van der Waals surface area contributed by atoms with E-state index in [4.69, 9.17) is 13.9 Å². The zero-order valence-electron chi connectivity index (χ0n) is 10.7. The minimum atomic E-state index is -1.21. The Morgan fingerprint density at radius 3 is 2.52 bits per heavy atom. The van der Waals surface area contributed by atoms with Gasteiger partial charge in [0.1, 0.15) is 17.5 Å². The van der Waals surface area contributed by atoms with Gasteiger partial charge in [-0.3, -0.25) is 4.79 Å². The Hall–Kier alpha value is -1.78. The quantitative estimate of drug-likeness (QED) is 0.644. The van der Waals surface area contributed by atoms with Crippen LogP contribution < -0.4 is 8.80 Å². The molecule has 0 saturated heterocycles. The zero-order valence-corrected chi connectivity index (χ0v) is 12.9. The molecule has 1 heterocycles. The summed E-state index contributed by atoms with van der Waals surface area (Å²) in [6.45, 7) is -0.518. The Bertz CT molecular complexity index is 648. The molecule has 2 rings (SSSR count). The summed E-state index contributed by atoms with van der Waals surface area (Å²) >= 11 is 1.76. The molecule has 0 bridgehead atoms. The summed E-state index contributed by atoms with van der Waals surface area (Å²) in [5.41, 5.74) is 5.95. The van der Waals surface area contributed by atoms with E-state index in [1.807, 2.05) is 0 Å². The molecule has 7 nitrogen and oxygen atoms in total. The standard InChI is InChI=1S/C13H12IN3O4/c14-21-8-3-1-7(2-4-8)13-16-9(11(19)6-18)5-10(17-13)12(15)20/h1-5,11,18-19H,6H2,(H2,15,20)/t11-/m0/s1. The van der Waals surface area contributed by atoms with Crippen LogP contribution in [0, 0.1) is 0 Å². The third-order valence-electron chi connectivity index (χ3n) is 2.71. The Balaban J connectivity index is 2.50. The largest absolute Gasteiger partial charge is 0.428 e. The van der Waals surface area contributed by atoms with Crippen LogP contribution in [0.2, 0.25) is 0 Å². The molecule has 0 unspecified atom stereocenters. The van der Waals surface area contributed by atoms with Crippen molar-refractivity contribution >= 4 is 28.9 Å². The van der Waals surface area contributed by atoms with Crippen LogP contribution in [-0.4, -0.2) is 32.7 Å². The van der Waals surface area contributed by atoms with Gasteiger partial charge in [0.15, 0.2) is 28.8 Å². The predicted molar refractivity (Wildman–Crippen MR) is 82.7 cm³/mol. The number of amides is 1. The van der Waals surface area contributed by atoms with E-state index < -0.39 is 18.6 Å². The molecule has 1 atom stereocenters. The number of hydrogen-bond donors (Lipinski definition) is 3. The van der Waals surface area contributed by atoms with Crippen molar-refractivity contribution in [3.8, 4) is 17.1 Å². The molecule has 1 aromatic carbocycles. The van der Waals surface area contributed by atoms with Crippen LogP contribution in [0.1, 0.15) is 22.3 Å². The summed E-state index contributed by atoms with van der Waals surface area (Å²) in [5, 5.41) is 18.7. The minimum absolute atomic E-state index is 0.0308. The van der Waals surface area contributed by atoms with E-state index in [0.29, 0.717) is 11.3 Å². The van der Waals surface area contributed by atoms with Gasteiger partial charge in [-0.25, -0.2) is 9.97 Å². The van der Waals surface area contributed by atoms with E-state index >= 15 is 0 Å². The number of aliphatic hydroxyl groups excluding tert-OH is 2. The maximum atomic E-state index is 11.3. The van der Waals surface area contributed by atoms with Crippen LogP contribution >= 0.6 is 23.0 Å². The third kappa shape index (κ3) is 3.65. The van der Waals surface area contributed by atoms with Crippen molar-refractivity contribution in [1.82, 2.24) is 9.97 Å². The first-order valence-electron chi connectivity index (χ1n) is 5.92. The molecule has 0 aliphatic rings. The molecule has 4 N–H and O–H groups in total. The highest BCUT2D eigenvalue weighted by Gasteiger charge is 2.15. The molecule has 1 aromatic heterocycles. The summed E-state index contributed by atoms with van der Waals surface area (Å²) in [7, 11) is 0. The summed E-state index contributed by atoms with van der Waals surface area (Å²) in [6.07, 6.45) is -1.21. The third-order valence-corrected chi connectivity index (χ3v) is 3.22. The summed E-state index contributed by atoms with van der Waals surface area (Å²) in [5.74, 6) is 0.145. The molecular formula is C13H12IN3O4. The maximum Gasteiger partial charge on any atom is 0.267 e. The van der Waals surface area contributed by atoms with Crippen molar-refractivity contribution in [2.75, 3.05) is 6.61 Å². The highest BCUT2D eigenvalue weighted by molar-refractivity contribution is 14.1. The van der Waals surface area contributed by atoms with Gasteiger partial charge < -0.3 is 19.0 Å². The maximum absolute atomic E-state index is 11.3. The number of rotatable bonds is 5. The fraction of sp³-hybridized carbons (Fsp3) is 0.154. The molecule has 0 aliphatic carbocycles. The number of nitrogens with zero attached hydrogens (tertiary/aromatic N) is 2. The summed E-state index contributed by atoms with van der Waals surface area (Å²) < 4.78 is 5.03. The number of primary amides is 1. The van der Waals surface area contributed by atoms with E-state index in [-0.39, 0.29) is 17.2 Å². The first kappa shape index (κ1) is 15.6. The normalized spacial score (nSPS) is 12.0. The number of carbonyl (C=O) groups excluding carboxylic acids is 1. The fourth-order valence-electron chi connectivity index (χ4n) is 1.64. The van der Waals surface area contributed by atoms with Gasteiger partial charge >= 0.3 is 0 Å². The molecule has 1 amide bonds. The van der Waals surface area contributed by atoms with Gasteiger partial charge in [0, 0.05) is 5.56 Å². The Morgan fingerprint density at radius 2 is 2.00 bits per heavy atom. The molecule has 0 radical (unpaired) electrons. The predicted octanol–water partition coefficient (Wildman–Crippen LogP) is 0.997. The smallest absolute Gasteiger partial charge is 0.267 e. The van der Waals surface area contributed by atoms with Crippen LogP contribution in [0.25, 0.3) is 11.4 Å². The van der Waals surface area contributed by atoms with Crippen LogP contribution in [0.15, 0.2) is 30.3 Å². The molecule has 0 fully saturated rings. The van der Waals surface area contributed by atoms with Crippen molar-refractivity contribution in [3.05, 3.63) is 41.7 Å². The number of aromatic nitrogens is 2. The average molecular weight is 401 g/mol. The monoisotopic (exact) mass is 401 g/mol. The Labute approximate surface area is 134 Å². The van der Waals surface area contributed by atoms with Crippen molar-refractivity contribution in [2.45, 2.75) is 6.10 Å². The lowest BCUT2D eigenvalue weighted by molar-refractivity contribution is 0.0916. The summed E-state index contributed by atoms with van der Waals surface area (Å²) in [4.78, 5) is 19.5. The molecule has 8 heteroatoms. The van der Waals surface area contributed by atoms with Crippen LogP contribution in [0.3, 0.4) is 0 Å². The summed E-state index contributed by atoms with van der Waals surface area (Å²) in [6, 6.07) is 8.11. The lowest BCUT2D eigenvalue weighted by Gasteiger charge is -2.10. The van der Waals surface area contributed by atoms with E-state index in [1.165, 1.54) is 6.07 Å². The molecule has 2 aromatic rings. The Morgan fingerprint density at radius 1 is 1.33 bits per heavy atom. The second kappa shape index (κ2) is 6.78. The lowest BCUT2D eigenvalue weighted by atomic mass is 10.1. The second-order valence-corrected chi connectivity index (χ2v) is 4.61. The van der Waals surface area contributed by atoms with E-state index in [9.17, 15) is 9.90 Å². The topological polar surface area (TPSA) is 119 Å². The van der Waals surface area contributed by atoms with Crippen molar-refractivity contribution < 1.29 is 18.1 Å². The molecule has 0 aliphatic heterocycles. The van der Waals surface area contributed by atoms with Crippen molar-refractivity contribution in [1.29, 1.82) is 0 Å². The first-order chi connectivity index (χ1) is 10.0. The average Bonchev–Trinajstić information content (AvgIpc) is 2.53. The van der Waals surface area contributed by atoms with Crippen LogP contribution in [-0.2, 0) is 0 Å².